The van der Waals surface area contributed by atoms with Crippen LogP contribution in [0.4, 0.5) is 4.39 Å². The van der Waals surface area contributed by atoms with Crippen LogP contribution in [0.3, 0.4) is 0 Å². The number of halogens is 1. The van der Waals surface area contributed by atoms with E-state index in [2.05, 4.69) is 16.0 Å². The van der Waals surface area contributed by atoms with Gasteiger partial charge in [0.25, 0.3) is 5.91 Å². The Morgan fingerprint density at radius 2 is 1.87 bits per heavy atom. The van der Waals surface area contributed by atoms with E-state index in [0.717, 1.165) is 31.6 Å². The highest BCUT2D eigenvalue weighted by Crippen LogP contribution is 2.43. The number of hydrogen-bond donors (Lipinski definition) is 3. The Morgan fingerprint density at radius 3 is 2.49 bits per heavy atom. The lowest BCUT2D eigenvalue weighted by atomic mass is 9.92. The minimum atomic E-state index is -4.15. The lowest BCUT2D eigenvalue weighted by Crippen LogP contribution is -2.53. The Morgan fingerprint density at radius 1 is 1.15 bits per heavy atom. The van der Waals surface area contributed by atoms with Gasteiger partial charge in [0, 0.05) is 32.2 Å². The summed E-state index contributed by atoms with van der Waals surface area (Å²) in [4.78, 5) is 53.3. The second-order valence-corrected chi connectivity index (χ2v) is 12.6. The summed E-state index contributed by atoms with van der Waals surface area (Å²) in [5.41, 5.74) is 0.581. The molecule has 12 heteroatoms. The number of sulfone groups is 1. The minimum Gasteiger partial charge on any atom is -0.356 e. The van der Waals surface area contributed by atoms with Gasteiger partial charge in [-0.1, -0.05) is 36.8 Å². The van der Waals surface area contributed by atoms with Gasteiger partial charge >= 0.3 is 0 Å². The van der Waals surface area contributed by atoms with Gasteiger partial charge in [-0.05, 0) is 49.2 Å². The van der Waals surface area contributed by atoms with Crippen molar-refractivity contribution >= 4 is 33.5 Å². The summed E-state index contributed by atoms with van der Waals surface area (Å²) in [5.74, 6) is -2.13. The highest BCUT2D eigenvalue weighted by atomic mass is 32.2. The van der Waals surface area contributed by atoms with Crippen molar-refractivity contribution in [2.24, 2.45) is 17.8 Å². The van der Waals surface area contributed by atoms with Crippen molar-refractivity contribution in [2.45, 2.75) is 57.2 Å². The van der Waals surface area contributed by atoms with E-state index in [-0.39, 0.29) is 24.2 Å². The topological polar surface area (TPSA) is 142 Å². The van der Waals surface area contributed by atoms with Gasteiger partial charge in [0.2, 0.25) is 32.7 Å². The molecule has 4 rings (SSSR count). The average Bonchev–Trinajstić information content (AvgIpc) is 3.58. The zero-order valence-corrected chi connectivity index (χ0v) is 22.9. The van der Waals surface area contributed by atoms with Crippen molar-refractivity contribution in [3.63, 3.8) is 0 Å². The molecular weight excluding hydrogens is 527 g/mol. The van der Waals surface area contributed by atoms with Gasteiger partial charge < -0.3 is 20.9 Å². The van der Waals surface area contributed by atoms with Crippen LogP contribution in [0.5, 0.6) is 0 Å². The summed E-state index contributed by atoms with van der Waals surface area (Å²) >= 11 is 0. The molecule has 212 valence electrons. The summed E-state index contributed by atoms with van der Waals surface area (Å²) in [6.07, 6.45) is 4.54. The van der Waals surface area contributed by atoms with Crippen LogP contribution in [0, 0.1) is 17.8 Å². The molecule has 0 bridgehead atoms. The molecule has 2 heterocycles. The number of amides is 4. The Hall–Kier alpha value is -3.28. The maximum Gasteiger partial charge on any atom is 0.250 e. The van der Waals surface area contributed by atoms with Crippen LogP contribution in [0.1, 0.15) is 50.6 Å². The Bertz CT molecular complexity index is 1250. The van der Waals surface area contributed by atoms with E-state index < -0.39 is 56.8 Å². The van der Waals surface area contributed by atoms with Crippen molar-refractivity contribution in [3.8, 4) is 0 Å². The summed E-state index contributed by atoms with van der Waals surface area (Å²) in [6.45, 7) is 2.10. The first-order chi connectivity index (χ1) is 18.5. The molecule has 39 heavy (non-hydrogen) atoms. The number of nitrogens with zero attached hydrogens (tertiary/aromatic N) is 1. The number of carbonyl (C=O) groups is 4. The molecule has 0 unspecified atom stereocenters. The summed E-state index contributed by atoms with van der Waals surface area (Å²) < 4.78 is 38.1. The number of benzene rings is 1. The maximum atomic E-state index is 14.5. The molecule has 0 radical (unpaired) electrons. The quantitative estimate of drug-likeness (QED) is 0.415. The molecule has 2 aliphatic heterocycles. The van der Waals surface area contributed by atoms with Crippen molar-refractivity contribution in [1.29, 1.82) is 0 Å². The second kappa shape index (κ2) is 11.8. The molecule has 6 atom stereocenters. The molecule has 10 nitrogen and oxygen atoms in total. The molecule has 3 fully saturated rings. The minimum absolute atomic E-state index is 0.0216. The number of fused-ring (bicyclic) bond motifs is 1. The summed E-state index contributed by atoms with van der Waals surface area (Å²) in [5, 5.41) is 6.75. The van der Waals surface area contributed by atoms with Gasteiger partial charge in [-0.3, -0.25) is 19.2 Å². The lowest BCUT2D eigenvalue weighted by Gasteiger charge is -2.32. The van der Waals surface area contributed by atoms with E-state index in [4.69, 9.17) is 0 Å². The fourth-order valence-electron chi connectivity index (χ4n) is 6.07. The Balaban J connectivity index is 1.62. The Kier molecular flexibility index (Phi) is 8.73. The van der Waals surface area contributed by atoms with E-state index in [1.165, 1.54) is 11.8 Å². The van der Waals surface area contributed by atoms with E-state index in [1.807, 2.05) is 0 Å². The highest BCUT2D eigenvalue weighted by molar-refractivity contribution is 7.94. The zero-order valence-electron chi connectivity index (χ0n) is 22.1. The first-order valence-corrected chi connectivity index (χ1v) is 15.1. The van der Waals surface area contributed by atoms with Crippen LogP contribution in [-0.2, 0) is 29.0 Å². The molecule has 0 spiro atoms. The second-order valence-electron chi connectivity index (χ2n) is 10.7. The molecule has 1 aromatic carbocycles. The van der Waals surface area contributed by atoms with Crippen LogP contribution in [0.25, 0.3) is 0 Å². The smallest absolute Gasteiger partial charge is 0.250 e. The molecule has 1 saturated carbocycles. The predicted octanol–water partition coefficient (Wildman–Crippen LogP) is 1.36. The standard InChI is InChI=1S/C27H35FN4O6S/c1-16(33)30-23(17-7-4-3-5-8-17)27(36)32-15-19-9-6-10-21(19)24(32)26(35)31-20(14-22(28)39(2,37)38)13-18-11-12-29-25(18)34/h3-5,7-8,14,18-21,23-24H,6,9-13,15H2,1-2H3,(H,29,34)(H,30,33)(H,31,35)/b22-14-/t18-,19+,20-,21+,23-,24+/m1/s1. The summed E-state index contributed by atoms with van der Waals surface area (Å²) in [6, 6.07) is 5.83. The number of carbonyl (C=O) groups excluding carboxylic acids is 4. The predicted molar refractivity (Wildman–Crippen MR) is 141 cm³/mol. The van der Waals surface area contributed by atoms with Crippen molar-refractivity contribution < 1.29 is 32.0 Å². The number of hydrogen-bond acceptors (Lipinski definition) is 6. The average molecular weight is 563 g/mol. The number of rotatable bonds is 9. The van der Waals surface area contributed by atoms with Gasteiger partial charge in [0.15, 0.2) is 0 Å². The molecule has 1 aliphatic carbocycles. The number of nitrogens with one attached hydrogen (secondary N) is 3. The first kappa shape index (κ1) is 28.7. The molecule has 0 aromatic heterocycles. The fourth-order valence-corrected chi connectivity index (χ4v) is 6.48. The van der Waals surface area contributed by atoms with Crippen LogP contribution in [-0.4, -0.2) is 68.4 Å². The van der Waals surface area contributed by atoms with Crippen molar-refractivity contribution in [2.75, 3.05) is 19.3 Å². The van der Waals surface area contributed by atoms with E-state index in [1.54, 1.807) is 30.3 Å². The molecule has 1 aromatic rings. The molecule has 3 N–H and O–H groups in total. The third kappa shape index (κ3) is 6.66. The van der Waals surface area contributed by atoms with Crippen LogP contribution in [0.15, 0.2) is 41.6 Å². The van der Waals surface area contributed by atoms with Gasteiger partial charge in [-0.2, -0.15) is 4.39 Å². The van der Waals surface area contributed by atoms with Gasteiger partial charge in [-0.15, -0.1) is 0 Å². The SMILES string of the molecule is CC(=O)N[C@@H](C(=O)N1C[C@@H]2CCC[C@@H]2[C@H]1C(=O)N[C@@H](/C=C(/F)S(C)(=O)=O)C[C@H]1CCNC1=O)c1ccccc1. The first-order valence-electron chi connectivity index (χ1n) is 13.2. The van der Waals surface area contributed by atoms with Crippen molar-refractivity contribution in [3.05, 3.63) is 47.1 Å². The fraction of sp³-hybridized carbons (Fsp3) is 0.556. The largest absolute Gasteiger partial charge is 0.356 e. The third-order valence-electron chi connectivity index (χ3n) is 7.88. The molecular formula is C27H35FN4O6S. The van der Waals surface area contributed by atoms with Gasteiger partial charge in [0.05, 0.1) is 6.04 Å². The molecule has 4 amide bonds. The normalized spacial score (nSPS) is 26.5. The van der Waals surface area contributed by atoms with E-state index >= 15 is 0 Å². The molecule has 3 aliphatic rings. The van der Waals surface area contributed by atoms with Gasteiger partial charge in [0.1, 0.15) is 12.1 Å². The lowest BCUT2D eigenvalue weighted by molar-refractivity contribution is -0.142. The molecule has 2 saturated heterocycles. The van der Waals surface area contributed by atoms with E-state index in [0.29, 0.717) is 25.1 Å². The van der Waals surface area contributed by atoms with Crippen LogP contribution < -0.4 is 16.0 Å². The Labute approximate surface area is 227 Å². The van der Waals surface area contributed by atoms with Gasteiger partial charge in [-0.25, -0.2) is 8.42 Å². The van der Waals surface area contributed by atoms with E-state index in [9.17, 15) is 32.0 Å². The van der Waals surface area contributed by atoms with Crippen LogP contribution in [0.2, 0.25) is 0 Å². The van der Waals surface area contributed by atoms with Crippen molar-refractivity contribution in [1.82, 2.24) is 20.9 Å². The maximum absolute atomic E-state index is 14.5. The monoisotopic (exact) mass is 562 g/mol. The van der Waals surface area contributed by atoms with Crippen LogP contribution >= 0.6 is 0 Å². The third-order valence-corrected chi connectivity index (χ3v) is 8.73. The number of likely N-dealkylation sites (tertiary alicyclic amines) is 1. The highest BCUT2D eigenvalue weighted by Gasteiger charge is 2.51. The summed E-state index contributed by atoms with van der Waals surface area (Å²) in [7, 11) is -4.15. The zero-order chi connectivity index (χ0) is 28.3.